The summed E-state index contributed by atoms with van der Waals surface area (Å²) in [7, 11) is 1.75. The Balaban J connectivity index is 1.99. The van der Waals surface area contributed by atoms with Gasteiger partial charge in [-0.05, 0) is 12.5 Å². The zero-order valence-corrected chi connectivity index (χ0v) is 10.6. The molecule has 0 spiro atoms. The fraction of sp³-hybridized carbons (Fsp3) is 0.545. The zero-order valence-electron chi connectivity index (χ0n) is 9.12. The molecule has 0 bridgehead atoms. The number of pyridine rings is 1. The van der Waals surface area contributed by atoms with Gasteiger partial charge in [0.15, 0.2) is 0 Å². The Kier molecular flexibility index (Phi) is 4.03. The Morgan fingerprint density at radius 1 is 1.50 bits per heavy atom. The van der Waals surface area contributed by atoms with E-state index in [9.17, 15) is 0 Å². The average Bonchev–Trinajstić information content (AvgIpc) is 2.70. The lowest BCUT2D eigenvalue weighted by atomic mass is 10.2. The quantitative estimate of drug-likeness (QED) is 0.782. The van der Waals surface area contributed by atoms with Crippen LogP contribution in [0.2, 0.25) is 10.3 Å². The van der Waals surface area contributed by atoms with Gasteiger partial charge in [0, 0.05) is 32.3 Å². The van der Waals surface area contributed by atoms with Crippen LogP contribution < -0.4 is 0 Å². The standard InChI is InChI=1S/C11H14Cl2N2O/c1-16-9-4-5-15(7-9)6-8-2-3-10(12)14-11(8)13/h2-3,9H,4-7H2,1H3. The van der Waals surface area contributed by atoms with E-state index in [4.69, 9.17) is 27.9 Å². The summed E-state index contributed by atoms with van der Waals surface area (Å²) in [4.78, 5) is 6.34. The van der Waals surface area contributed by atoms with E-state index in [0.717, 1.165) is 31.6 Å². The van der Waals surface area contributed by atoms with Crippen molar-refractivity contribution in [1.29, 1.82) is 0 Å². The molecule has 1 aromatic rings. The van der Waals surface area contributed by atoms with Crippen molar-refractivity contribution in [3.63, 3.8) is 0 Å². The number of nitrogens with zero attached hydrogens (tertiary/aromatic N) is 2. The Bertz CT molecular complexity index is 373. The third-order valence-corrected chi connectivity index (χ3v) is 3.39. The van der Waals surface area contributed by atoms with Crippen molar-refractivity contribution in [1.82, 2.24) is 9.88 Å². The Hall–Kier alpha value is -0.350. The van der Waals surface area contributed by atoms with Gasteiger partial charge in [-0.1, -0.05) is 29.3 Å². The first kappa shape index (κ1) is 12.1. The normalized spacial score (nSPS) is 21.6. The maximum Gasteiger partial charge on any atom is 0.135 e. The van der Waals surface area contributed by atoms with Crippen molar-refractivity contribution in [2.24, 2.45) is 0 Å². The number of hydrogen-bond acceptors (Lipinski definition) is 3. The van der Waals surface area contributed by atoms with E-state index in [1.807, 2.05) is 6.07 Å². The molecular weight excluding hydrogens is 247 g/mol. The second-order valence-corrected chi connectivity index (χ2v) is 4.71. The molecule has 3 nitrogen and oxygen atoms in total. The van der Waals surface area contributed by atoms with Gasteiger partial charge in [0.2, 0.25) is 0 Å². The van der Waals surface area contributed by atoms with Gasteiger partial charge in [-0.3, -0.25) is 4.90 Å². The third kappa shape index (κ3) is 2.86. The zero-order chi connectivity index (χ0) is 11.5. The van der Waals surface area contributed by atoms with Crippen LogP contribution in [0.4, 0.5) is 0 Å². The highest BCUT2D eigenvalue weighted by atomic mass is 35.5. The summed E-state index contributed by atoms with van der Waals surface area (Å²) in [6.45, 7) is 2.80. The number of rotatable bonds is 3. The van der Waals surface area contributed by atoms with Crippen LogP contribution in [0.25, 0.3) is 0 Å². The summed E-state index contributed by atoms with van der Waals surface area (Å²) in [6, 6.07) is 3.70. The van der Waals surface area contributed by atoms with E-state index in [-0.39, 0.29) is 0 Å². The average molecular weight is 261 g/mol. The molecule has 0 aromatic carbocycles. The van der Waals surface area contributed by atoms with Gasteiger partial charge in [0.25, 0.3) is 0 Å². The molecule has 5 heteroatoms. The first-order chi connectivity index (χ1) is 7.69. The van der Waals surface area contributed by atoms with Crippen LogP contribution in [-0.2, 0) is 11.3 Å². The minimum Gasteiger partial charge on any atom is -0.380 e. The fourth-order valence-electron chi connectivity index (χ4n) is 1.93. The van der Waals surface area contributed by atoms with Crippen molar-refractivity contribution in [3.8, 4) is 0 Å². The van der Waals surface area contributed by atoms with Crippen molar-refractivity contribution in [3.05, 3.63) is 28.0 Å². The van der Waals surface area contributed by atoms with Gasteiger partial charge in [-0.25, -0.2) is 4.98 Å². The molecule has 0 radical (unpaired) electrons. The number of likely N-dealkylation sites (tertiary alicyclic amines) is 1. The van der Waals surface area contributed by atoms with Crippen LogP contribution in [0.5, 0.6) is 0 Å². The molecule has 88 valence electrons. The molecule has 0 amide bonds. The van der Waals surface area contributed by atoms with Crippen molar-refractivity contribution in [2.75, 3.05) is 20.2 Å². The van der Waals surface area contributed by atoms with E-state index >= 15 is 0 Å². The lowest BCUT2D eigenvalue weighted by molar-refractivity contribution is 0.107. The molecule has 0 N–H and O–H groups in total. The minimum atomic E-state index is 0.346. The van der Waals surface area contributed by atoms with Crippen LogP contribution in [-0.4, -0.2) is 36.2 Å². The van der Waals surface area contributed by atoms with E-state index in [1.165, 1.54) is 0 Å². The summed E-state index contributed by atoms with van der Waals surface area (Å²) < 4.78 is 5.32. The van der Waals surface area contributed by atoms with Gasteiger partial charge in [-0.15, -0.1) is 0 Å². The molecule has 1 aromatic heterocycles. The van der Waals surface area contributed by atoms with Crippen molar-refractivity contribution >= 4 is 23.2 Å². The lowest BCUT2D eigenvalue weighted by Crippen LogP contribution is -2.22. The topological polar surface area (TPSA) is 25.4 Å². The molecule has 1 fully saturated rings. The van der Waals surface area contributed by atoms with E-state index in [1.54, 1.807) is 13.2 Å². The summed E-state index contributed by atoms with van der Waals surface area (Å²) in [5.74, 6) is 0. The van der Waals surface area contributed by atoms with E-state index in [2.05, 4.69) is 9.88 Å². The SMILES string of the molecule is COC1CCN(Cc2ccc(Cl)nc2Cl)C1. The molecule has 2 heterocycles. The first-order valence-corrected chi connectivity index (χ1v) is 6.00. The monoisotopic (exact) mass is 260 g/mol. The number of hydrogen-bond donors (Lipinski definition) is 0. The second-order valence-electron chi connectivity index (χ2n) is 3.97. The Labute approximate surface area is 105 Å². The Morgan fingerprint density at radius 3 is 2.94 bits per heavy atom. The lowest BCUT2D eigenvalue weighted by Gasteiger charge is -2.16. The first-order valence-electron chi connectivity index (χ1n) is 5.25. The van der Waals surface area contributed by atoms with Gasteiger partial charge < -0.3 is 4.74 Å². The summed E-state index contributed by atoms with van der Waals surface area (Å²) in [5, 5.41) is 0.929. The highest BCUT2D eigenvalue weighted by Gasteiger charge is 2.22. The smallest absolute Gasteiger partial charge is 0.135 e. The van der Waals surface area contributed by atoms with Gasteiger partial charge >= 0.3 is 0 Å². The van der Waals surface area contributed by atoms with Gasteiger partial charge in [0.1, 0.15) is 10.3 Å². The third-order valence-electron chi connectivity index (χ3n) is 2.85. The predicted octanol–water partition coefficient (Wildman–Crippen LogP) is 2.61. The summed E-state index contributed by atoms with van der Waals surface area (Å²) in [6.07, 6.45) is 1.42. The maximum atomic E-state index is 6.02. The van der Waals surface area contributed by atoms with Gasteiger partial charge in [0.05, 0.1) is 6.10 Å². The van der Waals surface area contributed by atoms with E-state index < -0.39 is 0 Å². The number of halogens is 2. The van der Waals surface area contributed by atoms with E-state index in [0.29, 0.717) is 16.4 Å². The molecule has 16 heavy (non-hydrogen) atoms. The van der Waals surface area contributed by atoms with Crippen molar-refractivity contribution < 1.29 is 4.74 Å². The number of ether oxygens (including phenoxy) is 1. The molecular formula is C11H14Cl2N2O. The minimum absolute atomic E-state index is 0.346. The number of aromatic nitrogens is 1. The van der Waals surface area contributed by atoms with Crippen molar-refractivity contribution in [2.45, 2.75) is 19.1 Å². The maximum absolute atomic E-state index is 6.02. The van der Waals surface area contributed by atoms with Crippen LogP contribution in [0, 0.1) is 0 Å². The van der Waals surface area contributed by atoms with Gasteiger partial charge in [-0.2, -0.15) is 0 Å². The number of methoxy groups -OCH3 is 1. The molecule has 1 saturated heterocycles. The molecule has 2 rings (SSSR count). The van der Waals surface area contributed by atoms with Crippen LogP contribution in [0.1, 0.15) is 12.0 Å². The molecule has 0 saturated carbocycles. The predicted molar refractivity (Wildman–Crippen MR) is 64.9 cm³/mol. The Morgan fingerprint density at radius 2 is 2.31 bits per heavy atom. The highest BCUT2D eigenvalue weighted by Crippen LogP contribution is 2.21. The van der Waals surface area contributed by atoms with Crippen LogP contribution in [0.15, 0.2) is 12.1 Å². The molecule has 1 unspecified atom stereocenters. The molecule has 1 aliphatic heterocycles. The summed E-state index contributed by atoms with van der Waals surface area (Å²) in [5.41, 5.74) is 1.02. The molecule has 0 aliphatic carbocycles. The molecule has 1 atom stereocenters. The largest absolute Gasteiger partial charge is 0.380 e. The van der Waals surface area contributed by atoms with Crippen LogP contribution in [0.3, 0.4) is 0 Å². The van der Waals surface area contributed by atoms with Crippen LogP contribution >= 0.6 is 23.2 Å². The summed E-state index contributed by atoms with van der Waals surface area (Å²) >= 11 is 11.8. The molecule has 1 aliphatic rings. The second kappa shape index (κ2) is 5.32. The fourth-order valence-corrected chi connectivity index (χ4v) is 2.34. The highest BCUT2D eigenvalue weighted by molar-refractivity contribution is 6.32.